The summed E-state index contributed by atoms with van der Waals surface area (Å²) < 4.78 is -0.351. The number of rotatable bonds is 6. The summed E-state index contributed by atoms with van der Waals surface area (Å²) in [7, 11) is 0. The summed E-state index contributed by atoms with van der Waals surface area (Å²) >= 11 is 7.69. The molecule has 0 N–H and O–H groups in total. The van der Waals surface area contributed by atoms with E-state index in [1.807, 2.05) is 0 Å². The van der Waals surface area contributed by atoms with E-state index < -0.39 is 9.85 Å². The van der Waals surface area contributed by atoms with Gasteiger partial charge in [0.05, 0.1) is 9.85 Å². The number of thioether (sulfide) groups is 1. The fraction of sp³-hybridized carbons (Fsp3) is 0.143. The molecule has 22 heavy (non-hydrogen) atoms. The summed E-state index contributed by atoms with van der Waals surface area (Å²) in [5, 5.41) is 21.2. The van der Waals surface area contributed by atoms with Crippen molar-refractivity contribution >= 4 is 34.7 Å². The molecule has 0 aliphatic rings. The summed E-state index contributed by atoms with van der Waals surface area (Å²) in [5.74, 6) is 0.586. The first kappa shape index (κ1) is 16.3. The van der Waals surface area contributed by atoms with Gasteiger partial charge >= 0.3 is 0 Å². The van der Waals surface area contributed by atoms with Gasteiger partial charge in [-0.15, -0.1) is 23.4 Å². The molecule has 0 spiro atoms. The molecule has 0 aliphatic heterocycles. The normalized spacial score (nSPS) is 11.9. The van der Waals surface area contributed by atoms with Crippen LogP contribution in [0.5, 0.6) is 0 Å². The van der Waals surface area contributed by atoms with Crippen LogP contribution in [0.15, 0.2) is 48.5 Å². The molecule has 0 saturated heterocycles. The molecule has 0 aliphatic carbocycles. The van der Waals surface area contributed by atoms with E-state index in [0.29, 0.717) is 5.75 Å². The highest BCUT2D eigenvalue weighted by molar-refractivity contribution is 7.99. The maximum absolute atomic E-state index is 10.6. The second kappa shape index (κ2) is 7.24. The molecular formula is C14H11ClN2O4S. The van der Waals surface area contributed by atoms with Crippen LogP contribution in [0.1, 0.15) is 15.8 Å². The van der Waals surface area contributed by atoms with Crippen LogP contribution in [0.3, 0.4) is 0 Å². The molecule has 0 bridgehead atoms. The van der Waals surface area contributed by atoms with Gasteiger partial charge in [-0.1, -0.05) is 12.1 Å². The molecule has 1 unspecified atom stereocenters. The smallest absolute Gasteiger partial charge is 0.258 e. The summed E-state index contributed by atoms with van der Waals surface area (Å²) in [5.41, 5.74) is 1.77. The third-order valence-electron chi connectivity index (χ3n) is 2.91. The lowest BCUT2D eigenvalue weighted by atomic mass is 10.2. The van der Waals surface area contributed by atoms with E-state index in [1.165, 1.54) is 36.0 Å². The average molecular weight is 339 g/mol. The van der Waals surface area contributed by atoms with Crippen molar-refractivity contribution in [3.63, 3.8) is 0 Å². The molecule has 0 aromatic heterocycles. The summed E-state index contributed by atoms with van der Waals surface area (Å²) in [6, 6.07) is 12.3. The monoisotopic (exact) mass is 338 g/mol. The molecule has 1 atom stereocenters. The molecule has 2 aromatic carbocycles. The lowest BCUT2D eigenvalue weighted by molar-refractivity contribution is -0.385. The number of non-ortho nitro benzene ring substituents is 2. The fourth-order valence-corrected chi connectivity index (χ4v) is 2.94. The summed E-state index contributed by atoms with van der Waals surface area (Å²) in [6.45, 7) is 0. The van der Waals surface area contributed by atoms with E-state index in [0.717, 1.165) is 11.1 Å². The SMILES string of the molecule is O=[N+]([O-])c1ccc(CSC(Cl)c2ccc([N+](=O)[O-])cc2)cc1. The number of halogens is 1. The van der Waals surface area contributed by atoms with Crippen molar-refractivity contribution in [2.75, 3.05) is 0 Å². The second-order valence-corrected chi connectivity index (χ2v) is 6.19. The zero-order valence-electron chi connectivity index (χ0n) is 11.2. The highest BCUT2D eigenvalue weighted by Gasteiger charge is 2.12. The Morgan fingerprint density at radius 1 is 0.909 bits per heavy atom. The van der Waals surface area contributed by atoms with Crippen molar-refractivity contribution in [2.45, 2.75) is 10.5 Å². The third kappa shape index (κ3) is 4.19. The van der Waals surface area contributed by atoms with Gasteiger partial charge in [-0.3, -0.25) is 20.2 Å². The standard InChI is InChI=1S/C14H11ClN2O4S/c15-14(11-3-7-13(8-4-11)17(20)21)22-9-10-1-5-12(6-2-10)16(18)19/h1-8,14H,9H2. The molecule has 0 heterocycles. The number of hydrogen-bond acceptors (Lipinski definition) is 5. The van der Waals surface area contributed by atoms with E-state index in [-0.39, 0.29) is 16.1 Å². The zero-order valence-corrected chi connectivity index (χ0v) is 12.8. The van der Waals surface area contributed by atoms with Crippen LogP contribution in [0, 0.1) is 20.2 Å². The molecular weight excluding hydrogens is 328 g/mol. The molecule has 2 rings (SSSR count). The van der Waals surface area contributed by atoms with Crippen LogP contribution in [0.2, 0.25) is 0 Å². The van der Waals surface area contributed by atoms with Gasteiger partial charge in [0.1, 0.15) is 4.71 Å². The zero-order chi connectivity index (χ0) is 16.1. The van der Waals surface area contributed by atoms with Crippen molar-refractivity contribution in [1.29, 1.82) is 0 Å². The van der Waals surface area contributed by atoms with Crippen molar-refractivity contribution in [1.82, 2.24) is 0 Å². The Morgan fingerprint density at radius 3 is 1.82 bits per heavy atom. The lowest BCUT2D eigenvalue weighted by Crippen LogP contribution is -1.91. The fourth-order valence-electron chi connectivity index (χ4n) is 1.73. The molecule has 6 nitrogen and oxygen atoms in total. The average Bonchev–Trinajstić information content (AvgIpc) is 2.53. The van der Waals surface area contributed by atoms with Crippen molar-refractivity contribution in [2.24, 2.45) is 0 Å². The third-order valence-corrected chi connectivity index (χ3v) is 4.60. The maximum Gasteiger partial charge on any atom is 0.269 e. The van der Waals surface area contributed by atoms with Crippen LogP contribution in [-0.4, -0.2) is 9.85 Å². The molecule has 2 aromatic rings. The lowest BCUT2D eigenvalue weighted by Gasteiger charge is -2.09. The van der Waals surface area contributed by atoms with Crippen LogP contribution in [0.25, 0.3) is 0 Å². The minimum Gasteiger partial charge on any atom is -0.258 e. The van der Waals surface area contributed by atoms with E-state index in [1.54, 1.807) is 24.3 Å². The molecule has 0 radical (unpaired) electrons. The van der Waals surface area contributed by atoms with Gasteiger partial charge in [0.15, 0.2) is 0 Å². The maximum atomic E-state index is 10.6. The Kier molecular flexibility index (Phi) is 5.35. The minimum absolute atomic E-state index is 0.0213. The molecule has 114 valence electrons. The second-order valence-electron chi connectivity index (χ2n) is 4.40. The van der Waals surface area contributed by atoms with Crippen molar-refractivity contribution in [3.8, 4) is 0 Å². The Hall–Kier alpha value is -2.12. The van der Waals surface area contributed by atoms with E-state index in [2.05, 4.69) is 0 Å². The van der Waals surface area contributed by atoms with E-state index in [4.69, 9.17) is 11.6 Å². The quantitative estimate of drug-likeness (QED) is 0.434. The molecule has 0 saturated carbocycles. The highest BCUT2D eigenvalue weighted by atomic mass is 35.5. The van der Waals surface area contributed by atoms with Gasteiger partial charge < -0.3 is 0 Å². The largest absolute Gasteiger partial charge is 0.269 e. The number of nitro groups is 2. The first-order chi connectivity index (χ1) is 10.5. The van der Waals surface area contributed by atoms with Gasteiger partial charge in [0.2, 0.25) is 0 Å². The van der Waals surface area contributed by atoms with Gasteiger partial charge in [-0.2, -0.15) is 0 Å². The number of nitro benzene ring substituents is 2. The number of benzene rings is 2. The molecule has 0 fully saturated rings. The Balaban J connectivity index is 1.95. The van der Waals surface area contributed by atoms with Gasteiger partial charge in [0, 0.05) is 30.0 Å². The number of nitrogens with zero attached hydrogens (tertiary/aromatic N) is 2. The van der Waals surface area contributed by atoms with Gasteiger partial charge in [0.25, 0.3) is 11.4 Å². The van der Waals surface area contributed by atoms with Crippen molar-refractivity contribution < 1.29 is 9.85 Å². The number of alkyl halides is 1. The first-order valence-electron chi connectivity index (χ1n) is 6.21. The Labute approximate surface area is 135 Å². The summed E-state index contributed by atoms with van der Waals surface area (Å²) in [4.78, 5) is 20.3. The molecule has 0 amide bonds. The number of hydrogen-bond donors (Lipinski definition) is 0. The Bertz CT molecular complexity index is 676. The molecule has 8 heteroatoms. The first-order valence-corrected chi connectivity index (χ1v) is 7.69. The van der Waals surface area contributed by atoms with E-state index in [9.17, 15) is 20.2 Å². The Morgan fingerprint density at radius 2 is 1.36 bits per heavy atom. The summed E-state index contributed by atoms with van der Waals surface area (Å²) in [6.07, 6.45) is 0. The predicted octanol–water partition coefficient (Wildman–Crippen LogP) is 4.67. The minimum atomic E-state index is -0.461. The van der Waals surface area contributed by atoms with Gasteiger partial charge in [-0.05, 0) is 23.3 Å². The van der Waals surface area contributed by atoms with Crippen LogP contribution < -0.4 is 0 Å². The van der Waals surface area contributed by atoms with Gasteiger partial charge in [-0.25, -0.2) is 0 Å². The van der Waals surface area contributed by atoms with Crippen LogP contribution in [-0.2, 0) is 5.75 Å². The topological polar surface area (TPSA) is 86.3 Å². The van der Waals surface area contributed by atoms with Crippen molar-refractivity contribution in [3.05, 3.63) is 79.9 Å². The predicted molar refractivity (Wildman–Crippen MR) is 86.1 cm³/mol. The van der Waals surface area contributed by atoms with E-state index >= 15 is 0 Å². The van der Waals surface area contributed by atoms with Crippen LogP contribution in [0.4, 0.5) is 11.4 Å². The highest BCUT2D eigenvalue weighted by Crippen LogP contribution is 2.35. The van der Waals surface area contributed by atoms with Crippen LogP contribution >= 0.6 is 23.4 Å².